The number of hydrogen-bond acceptors (Lipinski definition) is 3. The van der Waals surface area contributed by atoms with Gasteiger partial charge in [0.2, 0.25) is 0 Å². The fourth-order valence-corrected chi connectivity index (χ4v) is 2.63. The Morgan fingerprint density at radius 1 is 1.19 bits per heavy atom. The van der Waals surface area contributed by atoms with E-state index in [1.807, 2.05) is 0 Å². The molecule has 92 valence electrons. The standard InChI is InChI=1S/C8H8F4O3S/c9-6-3-1-2-4-7(6)16(13,14,15)5-8(10,11)12/h1-4H,5H2,(H2,13,14,15)/p-2. The molecule has 0 saturated heterocycles. The molecule has 0 atom stereocenters. The molecule has 0 amide bonds. The smallest absolute Gasteiger partial charge is 0.396 e. The lowest BCUT2D eigenvalue weighted by atomic mass is 10.3. The molecule has 8 heteroatoms. The quantitative estimate of drug-likeness (QED) is 0.760. The fourth-order valence-electron chi connectivity index (χ4n) is 1.12. The number of halogens is 4. The minimum Gasteiger partial charge on any atom is -0.795 e. The lowest BCUT2D eigenvalue weighted by Crippen LogP contribution is -2.43. The van der Waals surface area contributed by atoms with Crippen LogP contribution in [0.3, 0.4) is 0 Å². The maximum Gasteiger partial charge on any atom is 0.396 e. The molecular formula is C8H6F4O3S-2. The highest BCUT2D eigenvalue weighted by molar-refractivity contribution is 8.10. The van der Waals surface area contributed by atoms with Crippen LogP contribution in [0.15, 0.2) is 29.2 Å². The molecule has 0 fully saturated rings. The average molecular weight is 258 g/mol. The van der Waals surface area contributed by atoms with Gasteiger partial charge in [0.25, 0.3) is 0 Å². The van der Waals surface area contributed by atoms with Gasteiger partial charge in [0.1, 0.15) is 5.82 Å². The van der Waals surface area contributed by atoms with Crippen LogP contribution in [-0.4, -0.2) is 25.2 Å². The van der Waals surface area contributed by atoms with Gasteiger partial charge in [-0.05, 0) is 12.1 Å². The summed E-state index contributed by atoms with van der Waals surface area (Å²) < 4.78 is 82.2. The number of alkyl halides is 3. The summed E-state index contributed by atoms with van der Waals surface area (Å²) in [5, 5.41) is 0. The maximum absolute atomic E-state index is 13.0. The molecule has 0 aliphatic carbocycles. The van der Waals surface area contributed by atoms with Crippen LogP contribution in [0.2, 0.25) is 0 Å². The van der Waals surface area contributed by atoms with Crippen LogP contribution in [0.1, 0.15) is 0 Å². The van der Waals surface area contributed by atoms with Crippen molar-refractivity contribution in [1.82, 2.24) is 0 Å². The molecule has 0 heterocycles. The normalized spacial score (nSPS) is 15.5. The lowest BCUT2D eigenvalue weighted by Gasteiger charge is -2.55. The van der Waals surface area contributed by atoms with E-state index in [1.165, 1.54) is 0 Å². The zero-order valence-corrected chi connectivity index (χ0v) is 8.48. The van der Waals surface area contributed by atoms with Crippen LogP contribution < -0.4 is 0 Å². The zero-order valence-electron chi connectivity index (χ0n) is 7.66. The van der Waals surface area contributed by atoms with E-state index < -0.39 is 32.3 Å². The summed E-state index contributed by atoms with van der Waals surface area (Å²) in [6.07, 6.45) is -5.21. The highest BCUT2D eigenvalue weighted by Crippen LogP contribution is 2.35. The summed E-state index contributed by atoms with van der Waals surface area (Å²) in [7, 11) is -6.72. The summed E-state index contributed by atoms with van der Waals surface area (Å²) in [5.74, 6) is -4.11. The van der Waals surface area contributed by atoms with Gasteiger partial charge in [-0.3, -0.25) is 0 Å². The van der Waals surface area contributed by atoms with Crippen LogP contribution in [-0.2, 0) is 9.63 Å². The number of rotatable bonds is 2. The van der Waals surface area contributed by atoms with Crippen molar-refractivity contribution >= 4 is 9.63 Å². The molecule has 0 bridgehead atoms. The van der Waals surface area contributed by atoms with Gasteiger partial charge in [-0.1, -0.05) is 12.1 Å². The van der Waals surface area contributed by atoms with Crippen LogP contribution in [0.25, 0.3) is 0 Å². The number of benzene rings is 1. The number of sulfone groups is 3. The monoisotopic (exact) mass is 258 g/mol. The Balaban J connectivity index is 3.30. The second-order valence-corrected chi connectivity index (χ2v) is 5.77. The van der Waals surface area contributed by atoms with E-state index in [4.69, 9.17) is 0 Å². The minimum absolute atomic E-state index is 0.510. The van der Waals surface area contributed by atoms with Gasteiger partial charge >= 0.3 is 6.18 Å². The second kappa shape index (κ2) is 3.51. The molecule has 0 radical (unpaired) electrons. The molecule has 0 saturated carbocycles. The Labute approximate surface area is 88.1 Å². The Hall–Kier alpha value is -0.990. The van der Waals surface area contributed by atoms with E-state index in [9.17, 15) is 30.9 Å². The Bertz CT molecular complexity index is 463. The van der Waals surface area contributed by atoms with Crippen LogP contribution in [0.5, 0.6) is 0 Å². The zero-order chi connectivity index (χ0) is 12.6. The third kappa shape index (κ3) is 3.00. The summed E-state index contributed by atoms with van der Waals surface area (Å²) in [5.41, 5.74) is 0. The topological polar surface area (TPSA) is 63.2 Å². The van der Waals surface area contributed by atoms with Crippen molar-refractivity contribution in [3.8, 4) is 0 Å². The van der Waals surface area contributed by atoms with Crippen LogP contribution in [0.4, 0.5) is 17.6 Å². The first-order valence-electron chi connectivity index (χ1n) is 3.93. The maximum atomic E-state index is 13.0. The highest BCUT2D eigenvalue weighted by atomic mass is 32.3. The third-order valence-corrected chi connectivity index (χ3v) is 3.68. The van der Waals surface area contributed by atoms with Crippen LogP contribution in [0, 0.1) is 5.82 Å². The van der Waals surface area contributed by atoms with Gasteiger partial charge in [0, 0.05) is 4.90 Å². The molecule has 0 aromatic heterocycles. The first-order chi connectivity index (χ1) is 7.00. The summed E-state index contributed by atoms with van der Waals surface area (Å²) in [4.78, 5) is -1.48. The van der Waals surface area contributed by atoms with E-state index in [-0.39, 0.29) is 0 Å². The van der Waals surface area contributed by atoms with E-state index >= 15 is 0 Å². The van der Waals surface area contributed by atoms with Crippen molar-refractivity contribution in [2.75, 3.05) is 5.75 Å². The van der Waals surface area contributed by atoms with E-state index in [1.54, 1.807) is 0 Å². The minimum atomic E-state index is -6.72. The molecule has 0 unspecified atom stereocenters. The molecule has 0 spiro atoms. The molecule has 1 aromatic rings. The van der Waals surface area contributed by atoms with Gasteiger partial charge in [-0.2, -0.15) is 22.8 Å². The molecule has 0 aliphatic heterocycles. The Morgan fingerprint density at radius 3 is 2.12 bits per heavy atom. The Morgan fingerprint density at radius 2 is 1.69 bits per heavy atom. The average Bonchev–Trinajstić information content (AvgIpc) is 1.98. The fraction of sp³-hybridized carbons (Fsp3) is 0.250. The van der Waals surface area contributed by atoms with Gasteiger partial charge < -0.3 is 13.3 Å². The summed E-state index contributed by atoms with van der Waals surface area (Å²) in [6.45, 7) is 0. The van der Waals surface area contributed by atoms with Gasteiger partial charge in [0.05, 0.1) is 5.75 Å². The SMILES string of the molecule is O=S([O-])([O-])(CC(F)(F)F)c1ccccc1F. The first kappa shape index (κ1) is 13.1. The van der Waals surface area contributed by atoms with Crippen molar-refractivity contribution in [3.63, 3.8) is 0 Å². The van der Waals surface area contributed by atoms with Crippen molar-refractivity contribution in [2.24, 2.45) is 0 Å². The Kier molecular flexibility index (Phi) is 2.86. The highest BCUT2D eigenvalue weighted by Gasteiger charge is 2.35. The predicted octanol–water partition coefficient (Wildman–Crippen LogP) is 1.83. The van der Waals surface area contributed by atoms with Crippen LogP contribution >= 0.6 is 0 Å². The van der Waals surface area contributed by atoms with Crippen molar-refractivity contribution in [2.45, 2.75) is 11.1 Å². The largest absolute Gasteiger partial charge is 0.795 e. The molecular weight excluding hydrogens is 252 g/mol. The molecule has 16 heavy (non-hydrogen) atoms. The molecule has 3 nitrogen and oxygen atoms in total. The summed E-state index contributed by atoms with van der Waals surface area (Å²) >= 11 is 0. The third-order valence-electron chi connectivity index (χ3n) is 1.67. The first-order valence-corrected chi connectivity index (χ1v) is 5.92. The lowest BCUT2D eigenvalue weighted by molar-refractivity contribution is -0.109. The summed E-state index contributed by atoms with van der Waals surface area (Å²) in [6, 6.07) is 3.15. The molecule has 0 N–H and O–H groups in total. The van der Waals surface area contributed by atoms with Crippen molar-refractivity contribution in [3.05, 3.63) is 30.1 Å². The predicted molar refractivity (Wildman–Crippen MR) is 45.3 cm³/mol. The van der Waals surface area contributed by atoms with Crippen molar-refractivity contribution < 1.29 is 30.9 Å². The van der Waals surface area contributed by atoms with E-state index in [2.05, 4.69) is 0 Å². The molecule has 1 rings (SSSR count). The second-order valence-electron chi connectivity index (χ2n) is 3.14. The van der Waals surface area contributed by atoms with Gasteiger partial charge in [-0.15, -0.1) is 0 Å². The van der Waals surface area contributed by atoms with Gasteiger partial charge in [-0.25, -0.2) is 4.39 Å². The molecule has 1 aromatic carbocycles. The van der Waals surface area contributed by atoms with Gasteiger partial charge in [0.15, 0.2) is 0 Å². The van der Waals surface area contributed by atoms with Crippen molar-refractivity contribution in [1.29, 1.82) is 0 Å². The van der Waals surface area contributed by atoms with E-state index in [0.29, 0.717) is 12.1 Å². The number of hydrogen-bond donors (Lipinski definition) is 0. The molecule has 0 aliphatic rings. The van der Waals surface area contributed by atoms with E-state index in [0.717, 1.165) is 12.1 Å².